The quantitative estimate of drug-likeness (QED) is 0.0232. The lowest BCUT2D eigenvalue weighted by atomic mass is 9.85. The highest BCUT2D eigenvalue weighted by atomic mass is 35.5. The predicted octanol–water partition coefficient (Wildman–Crippen LogP) is 3.11. The van der Waals surface area contributed by atoms with Crippen LogP contribution in [0.15, 0.2) is 72.8 Å². The van der Waals surface area contributed by atoms with E-state index >= 15 is 24.0 Å². The molecule has 38 nitrogen and oxygen atoms in total. The molecule has 0 saturated carbocycles. The third-order valence-corrected chi connectivity index (χ3v) is 22.9. The van der Waals surface area contributed by atoms with Crippen LogP contribution in [0.1, 0.15) is 169 Å². The van der Waals surface area contributed by atoms with Crippen LogP contribution < -0.4 is 73.1 Å². The van der Waals surface area contributed by atoms with Crippen molar-refractivity contribution >= 4 is 90.5 Å². The molecule has 11 bridgehead atoms. The Hall–Kier alpha value is -8.84. The van der Waals surface area contributed by atoms with Crippen LogP contribution in [0.4, 0.5) is 0 Å². The number of rotatable bonds is 30. The molecule has 0 aromatic heterocycles. The monoisotopic (exact) mass is 1790 g/mol. The number of unbranched alkanes of at least 4 members (excludes halogenated alkanes) is 7. The molecule has 0 aliphatic carbocycles. The fraction of sp³-hybridized carbons (Fsp3) is 0.525. The van der Waals surface area contributed by atoms with Gasteiger partial charge >= 0.3 is 13.6 Å². The van der Waals surface area contributed by atoms with Crippen molar-refractivity contribution in [3.63, 3.8) is 0 Å². The molecule has 2 saturated heterocycles. The number of hydrogen-bond donors (Lipinski definition) is 23. The smallest absolute Gasteiger partial charge is 0.339 e. The molecule has 12 rings (SSSR count). The second kappa shape index (κ2) is 42.7. The Bertz CT molecular complexity index is 4650. The molecule has 7 aliphatic heterocycles. The number of carboxylic acids is 1. The standard InChI is InChI=1S/C80H106Cl2N11O27P.ClH/c1-7-8-9-10-11-12-13-14-21-85-22-23-87-80(5)32-57(115-37(4)71(80)103)119-70-68(102)67(101)55(34-94)118-79(70)120-69-53-28-41-29-54(69)117-52-20-17-40(27-46(52)82)65(99)63-77(109)91-61(78(110)111)43-30-50(96)44(33-86-35-121(112,113)114)66(100)58(43)42-25-38(15-18-49(42)95)59(74(106)93-63)90-75(107)60(41)89-73(105)48(31-56(83)97)88-76(108)62(92-72(104)47(84-6)24-36(2)3)64(98)39-16-19-51(116-53)45(81)26-39;/h15-20,25-30,36-37,47-48,55,57,59-65,67-68,70-71,79,84-87,94-96,98-103H,7-14,21-24,31-35H2,1-6H3,(H2,83,97)(H,88,108)(H,89,105)(H,90,107)(H,91,109)(H,92,104)(H,93,106)(H,110,111)(H2,112,113,114);1H/t37-,47+,48-,55+,57-,59-,60+,61+,62+,63-,64+,65+,67+,68-,70+,71+,79-,80-;/m0./s1. The van der Waals surface area contributed by atoms with Gasteiger partial charge in [-0.1, -0.05) is 107 Å². The number of aromatic hydroxyl groups is 3. The molecule has 7 heterocycles. The number of nitrogens with one attached hydrogen (secondary N) is 10. The molecule has 24 N–H and O–H groups in total. The first kappa shape index (κ1) is 97.0. The Morgan fingerprint density at radius 1 is 0.697 bits per heavy atom. The van der Waals surface area contributed by atoms with Gasteiger partial charge in [-0.05, 0) is 123 Å². The summed E-state index contributed by atoms with van der Waals surface area (Å²) in [5.41, 5.74) is 0.545. The van der Waals surface area contributed by atoms with Crippen LogP contribution in [0.5, 0.6) is 46.0 Å². The molecule has 5 aromatic rings. The number of likely N-dealkylation sites (N-methyl/N-ethyl adjacent to an activating group) is 1. The number of carbonyl (C=O) groups excluding carboxylic acids is 7. The van der Waals surface area contributed by atoms with Gasteiger partial charge in [0, 0.05) is 48.3 Å². The molecule has 7 aliphatic rings. The Kier molecular flexibility index (Phi) is 33.9. The number of primary amides is 1. The Morgan fingerprint density at radius 3 is 1.90 bits per heavy atom. The normalized spacial score (nSPS) is 26.5. The number of ether oxygens (including phenoxy) is 6. The van der Waals surface area contributed by atoms with Crippen molar-refractivity contribution in [2.45, 2.75) is 221 Å². The molecule has 0 radical (unpaired) electrons. The van der Waals surface area contributed by atoms with Crippen LogP contribution in [0.3, 0.4) is 0 Å². The lowest BCUT2D eigenvalue weighted by molar-refractivity contribution is -0.334. The third kappa shape index (κ3) is 23.6. The minimum absolute atomic E-state index is 0. The van der Waals surface area contributed by atoms with E-state index in [4.69, 9.17) is 57.4 Å². The molecule has 0 unspecified atom stereocenters. The van der Waals surface area contributed by atoms with E-state index in [-0.39, 0.29) is 53.1 Å². The van der Waals surface area contributed by atoms with Crippen LogP contribution in [0.25, 0.3) is 11.1 Å². The van der Waals surface area contributed by atoms with E-state index in [1.807, 2.05) is 13.8 Å². The number of nitrogens with two attached hydrogens (primary N) is 1. The van der Waals surface area contributed by atoms with Gasteiger partial charge in [-0.3, -0.25) is 38.1 Å². The maximum atomic E-state index is 16.3. The summed E-state index contributed by atoms with van der Waals surface area (Å²) in [5.74, 6) is -17.1. The van der Waals surface area contributed by atoms with Gasteiger partial charge in [-0.15, -0.1) is 12.4 Å². The fourth-order valence-corrected chi connectivity index (χ4v) is 16.0. The van der Waals surface area contributed by atoms with Gasteiger partial charge in [-0.2, -0.15) is 0 Å². The van der Waals surface area contributed by atoms with E-state index in [1.54, 1.807) is 13.8 Å². The summed E-state index contributed by atoms with van der Waals surface area (Å²) >= 11 is 14.3. The van der Waals surface area contributed by atoms with Crippen molar-refractivity contribution in [1.82, 2.24) is 53.2 Å². The number of benzene rings is 5. The van der Waals surface area contributed by atoms with Crippen molar-refractivity contribution in [3.8, 4) is 57.1 Å². The van der Waals surface area contributed by atoms with Gasteiger partial charge in [0.25, 0.3) is 0 Å². The summed E-state index contributed by atoms with van der Waals surface area (Å²) in [7, 11) is -3.38. The first-order valence-corrected chi connectivity index (χ1v) is 42.3. The highest BCUT2D eigenvalue weighted by Crippen LogP contribution is 2.51. The largest absolute Gasteiger partial charge is 0.507 e. The lowest BCUT2D eigenvalue weighted by Crippen LogP contribution is -2.65. The minimum atomic E-state index is -4.85. The number of halogens is 3. The second-order valence-corrected chi connectivity index (χ2v) is 33.7. The van der Waals surface area contributed by atoms with E-state index in [2.05, 4.69) is 60.1 Å². The van der Waals surface area contributed by atoms with Gasteiger partial charge in [0.15, 0.2) is 29.9 Å². The minimum Gasteiger partial charge on any atom is -0.507 e. The lowest BCUT2D eigenvalue weighted by Gasteiger charge is -2.48. The van der Waals surface area contributed by atoms with Crippen molar-refractivity contribution in [2.75, 3.05) is 39.6 Å². The Labute approximate surface area is 717 Å². The number of carbonyl (C=O) groups is 8. The molecule has 2 fully saturated rings. The zero-order valence-electron chi connectivity index (χ0n) is 67.5. The van der Waals surface area contributed by atoms with Crippen LogP contribution in [0.2, 0.25) is 10.0 Å². The highest BCUT2D eigenvalue weighted by Gasteiger charge is 2.52. The van der Waals surface area contributed by atoms with Crippen molar-refractivity contribution in [2.24, 2.45) is 11.7 Å². The summed E-state index contributed by atoms with van der Waals surface area (Å²) in [6, 6.07) is -2.39. The Balaban J connectivity index is 0.0000169. The molecular weight excluding hydrogens is 1680 g/mol. The number of fused-ring (bicyclic) bond motifs is 15. The number of aliphatic hydroxyl groups is 6. The van der Waals surface area contributed by atoms with Crippen LogP contribution in [-0.4, -0.2) is 227 Å². The number of amides is 7. The summed E-state index contributed by atoms with van der Waals surface area (Å²) in [5, 5.41) is 144. The van der Waals surface area contributed by atoms with E-state index < -0.39 is 269 Å². The maximum Gasteiger partial charge on any atom is 0.339 e. The van der Waals surface area contributed by atoms with Gasteiger partial charge in [0.2, 0.25) is 53.4 Å². The topological polar surface area (TPSA) is 598 Å². The number of hydrogen-bond acceptors (Lipinski definition) is 28. The van der Waals surface area contributed by atoms with Crippen LogP contribution >= 0.6 is 43.2 Å². The molecule has 18 atom stereocenters. The van der Waals surface area contributed by atoms with E-state index in [0.29, 0.717) is 13.1 Å². The molecule has 5 aromatic carbocycles. The third-order valence-electron chi connectivity index (χ3n) is 21.7. The Morgan fingerprint density at radius 2 is 1.30 bits per heavy atom. The van der Waals surface area contributed by atoms with E-state index in [1.165, 1.54) is 51.3 Å². The number of aliphatic carboxylic acids is 1. The van der Waals surface area contributed by atoms with Crippen LogP contribution in [-0.2, 0) is 63.7 Å². The average Bonchev–Trinajstić information content (AvgIpc) is 0.393. The molecule has 7 amide bonds. The van der Waals surface area contributed by atoms with Crippen molar-refractivity contribution < 1.29 is 132 Å². The van der Waals surface area contributed by atoms with Gasteiger partial charge in [0.05, 0.1) is 53.2 Å². The highest BCUT2D eigenvalue weighted by molar-refractivity contribution is 7.51. The van der Waals surface area contributed by atoms with Crippen molar-refractivity contribution in [1.29, 1.82) is 0 Å². The van der Waals surface area contributed by atoms with Crippen LogP contribution in [0, 0.1) is 5.92 Å². The second-order valence-electron chi connectivity index (χ2n) is 31.3. The van der Waals surface area contributed by atoms with E-state index in [0.717, 1.165) is 86.5 Å². The van der Waals surface area contributed by atoms with Gasteiger partial charge in [0.1, 0.15) is 89.5 Å². The molecule has 122 heavy (non-hydrogen) atoms. The molecule has 0 spiro atoms. The zero-order chi connectivity index (χ0) is 88.2. The number of aliphatic hydroxyl groups excluding tert-OH is 6. The fourth-order valence-electron chi connectivity index (χ4n) is 15.2. The van der Waals surface area contributed by atoms with Gasteiger partial charge < -0.3 is 148 Å². The van der Waals surface area contributed by atoms with E-state index in [9.17, 15) is 79.8 Å². The molecular formula is C80H107Cl3N11O27P. The van der Waals surface area contributed by atoms with Gasteiger partial charge in [-0.25, -0.2) is 4.79 Å². The first-order valence-electron chi connectivity index (χ1n) is 39.7. The average molecular weight is 1790 g/mol. The zero-order valence-corrected chi connectivity index (χ0v) is 70.7. The summed E-state index contributed by atoms with van der Waals surface area (Å²) in [6.07, 6.45) is -10.6. The number of phenols is 3. The molecule has 670 valence electrons. The van der Waals surface area contributed by atoms with Crippen molar-refractivity contribution in [3.05, 3.63) is 116 Å². The summed E-state index contributed by atoms with van der Waals surface area (Å²) < 4.78 is 51.4. The number of carboxylic acid groups (broad SMARTS) is 1. The predicted molar refractivity (Wildman–Crippen MR) is 440 cm³/mol. The number of phenolic OH excluding ortho intramolecular Hbond substituents is 3. The molecule has 42 heteroatoms. The first-order chi connectivity index (χ1) is 57.3. The summed E-state index contributed by atoms with van der Waals surface area (Å²) in [4.78, 5) is 138. The maximum absolute atomic E-state index is 16.3. The SMILES string of the molecule is CCCCCCCCCCNCCN[C@@]1(C)C[C@H](O[C@H]2[C@H](Oc3c4cc5cc3Oc3ccc(cc3Cl)[C@@H](O)[C@@H](NC(=O)[C@@H](CC(C)C)NC)C(=O)N[C@@H](CC(N)=O)C(=O)N[C@H]5C(=O)N[C@@H]3C(=O)N[C@H](C(=O)N[C@@H](C(=O)O)c5cc(O)c(CNCP(=O)(O)O)c(O)c5-c5cc3ccc5O)[C@H](O)c3ccc(c(Cl)c3)O4)O[C@H](CO)[C@@H](O)[C@@H]2O)O[C@@H](C)[C@H]1O.Cl. The summed E-state index contributed by atoms with van der Waals surface area (Å²) in [6.45, 7) is 8.98.